The molecular weight excluding hydrogens is 312 g/mol. The number of furan rings is 1. The Hall–Kier alpha value is -2.95. The highest BCUT2D eigenvalue weighted by atomic mass is 19.1. The number of benzene rings is 2. The molecule has 1 heterocycles. The molecule has 3 aromatic rings. The minimum Gasteiger partial charge on any atom is -0.467 e. The van der Waals surface area contributed by atoms with Crippen LogP contribution in [0.1, 0.15) is 21.7 Å². The van der Waals surface area contributed by atoms with Crippen molar-refractivity contribution < 1.29 is 18.0 Å². The molecule has 0 aliphatic rings. The molecule has 1 amide bonds. The lowest BCUT2D eigenvalue weighted by Gasteiger charge is -2.22. The summed E-state index contributed by atoms with van der Waals surface area (Å²) in [6.07, 6.45) is 1.50. The van der Waals surface area contributed by atoms with Crippen LogP contribution in [0.5, 0.6) is 0 Å². The van der Waals surface area contributed by atoms with Crippen LogP contribution >= 0.6 is 0 Å². The van der Waals surface area contributed by atoms with E-state index in [4.69, 9.17) is 4.42 Å². The van der Waals surface area contributed by atoms with Crippen molar-refractivity contribution in [3.8, 4) is 0 Å². The minimum absolute atomic E-state index is 0.0274. The van der Waals surface area contributed by atoms with Gasteiger partial charge in [-0.05, 0) is 42.0 Å². The van der Waals surface area contributed by atoms with Gasteiger partial charge in [0.05, 0.1) is 18.4 Å². The lowest BCUT2D eigenvalue weighted by Crippen LogP contribution is -2.30. The molecule has 0 saturated heterocycles. The summed E-state index contributed by atoms with van der Waals surface area (Å²) in [6.45, 7) is 0.308. The Kier molecular flexibility index (Phi) is 4.70. The van der Waals surface area contributed by atoms with Gasteiger partial charge >= 0.3 is 0 Å². The summed E-state index contributed by atoms with van der Waals surface area (Å²) in [5, 5.41) is 0. The van der Waals surface area contributed by atoms with Gasteiger partial charge in [0.1, 0.15) is 17.4 Å². The van der Waals surface area contributed by atoms with E-state index in [2.05, 4.69) is 0 Å². The molecule has 0 saturated carbocycles. The molecule has 5 heteroatoms. The van der Waals surface area contributed by atoms with Gasteiger partial charge in [-0.25, -0.2) is 8.78 Å². The van der Waals surface area contributed by atoms with Gasteiger partial charge in [-0.3, -0.25) is 4.79 Å². The monoisotopic (exact) mass is 327 g/mol. The molecule has 0 fully saturated rings. The molecule has 2 aromatic carbocycles. The highest BCUT2D eigenvalue weighted by molar-refractivity contribution is 5.94. The lowest BCUT2D eigenvalue weighted by molar-refractivity contribution is 0.0712. The fourth-order valence-corrected chi connectivity index (χ4v) is 2.45. The second-order valence-corrected chi connectivity index (χ2v) is 5.35. The van der Waals surface area contributed by atoms with Gasteiger partial charge in [-0.1, -0.05) is 24.3 Å². The SMILES string of the molecule is O=C(c1ccccc1F)N(Cc1cccc(F)c1)Cc1ccco1. The summed E-state index contributed by atoms with van der Waals surface area (Å²) in [5.41, 5.74) is 0.590. The third kappa shape index (κ3) is 3.68. The minimum atomic E-state index is -0.591. The van der Waals surface area contributed by atoms with E-state index in [0.29, 0.717) is 11.3 Å². The first-order valence-corrected chi connectivity index (χ1v) is 7.44. The number of rotatable bonds is 5. The van der Waals surface area contributed by atoms with Crippen molar-refractivity contribution in [2.45, 2.75) is 13.1 Å². The number of amides is 1. The summed E-state index contributed by atoms with van der Waals surface area (Å²) in [5.74, 6) is -0.889. The van der Waals surface area contributed by atoms with Gasteiger partial charge in [-0.15, -0.1) is 0 Å². The van der Waals surface area contributed by atoms with Crippen LogP contribution in [0.15, 0.2) is 71.3 Å². The number of hydrogen-bond acceptors (Lipinski definition) is 2. The number of nitrogens with zero attached hydrogens (tertiary/aromatic N) is 1. The summed E-state index contributed by atoms with van der Waals surface area (Å²) >= 11 is 0. The van der Waals surface area contributed by atoms with Gasteiger partial charge < -0.3 is 9.32 Å². The topological polar surface area (TPSA) is 33.5 Å². The van der Waals surface area contributed by atoms with Crippen LogP contribution in [0.2, 0.25) is 0 Å². The van der Waals surface area contributed by atoms with E-state index in [-0.39, 0.29) is 24.5 Å². The summed E-state index contributed by atoms with van der Waals surface area (Å²) in [7, 11) is 0. The molecule has 3 nitrogen and oxygen atoms in total. The maximum absolute atomic E-state index is 14.0. The third-order valence-corrected chi connectivity index (χ3v) is 3.58. The summed E-state index contributed by atoms with van der Waals surface area (Å²) < 4.78 is 32.6. The van der Waals surface area contributed by atoms with E-state index < -0.39 is 11.7 Å². The van der Waals surface area contributed by atoms with Crippen LogP contribution in [0.25, 0.3) is 0 Å². The molecule has 1 aromatic heterocycles. The van der Waals surface area contributed by atoms with E-state index in [1.165, 1.54) is 41.5 Å². The Morgan fingerprint density at radius 2 is 1.79 bits per heavy atom. The number of hydrogen-bond donors (Lipinski definition) is 0. The van der Waals surface area contributed by atoms with Crippen molar-refractivity contribution in [3.05, 3.63) is 95.4 Å². The van der Waals surface area contributed by atoms with Crippen LogP contribution in [-0.2, 0) is 13.1 Å². The molecule has 0 aliphatic carbocycles. The first-order valence-electron chi connectivity index (χ1n) is 7.44. The predicted molar refractivity (Wildman–Crippen MR) is 85.1 cm³/mol. The largest absolute Gasteiger partial charge is 0.467 e. The van der Waals surface area contributed by atoms with Gasteiger partial charge in [-0.2, -0.15) is 0 Å². The van der Waals surface area contributed by atoms with Crippen molar-refractivity contribution in [1.82, 2.24) is 4.90 Å². The van der Waals surface area contributed by atoms with Crippen molar-refractivity contribution in [1.29, 1.82) is 0 Å². The predicted octanol–water partition coefficient (Wildman–Crippen LogP) is 4.40. The number of carbonyl (C=O) groups is 1. The smallest absolute Gasteiger partial charge is 0.257 e. The van der Waals surface area contributed by atoms with E-state index in [9.17, 15) is 13.6 Å². The Labute approximate surface area is 138 Å². The van der Waals surface area contributed by atoms with Gasteiger partial charge in [0.15, 0.2) is 0 Å². The van der Waals surface area contributed by atoms with E-state index in [0.717, 1.165) is 0 Å². The highest BCUT2D eigenvalue weighted by Gasteiger charge is 2.20. The van der Waals surface area contributed by atoms with Crippen molar-refractivity contribution >= 4 is 5.91 Å². The maximum atomic E-state index is 14.0. The van der Waals surface area contributed by atoms with E-state index in [1.54, 1.807) is 30.3 Å². The van der Waals surface area contributed by atoms with Gasteiger partial charge in [0.25, 0.3) is 5.91 Å². The molecule has 3 rings (SSSR count). The maximum Gasteiger partial charge on any atom is 0.257 e. The van der Waals surface area contributed by atoms with Crippen LogP contribution < -0.4 is 0 Å². The molecule has 0 bridgehead atoms. The molecule has 0 radical (unpaired) electrons. The second-order valence-electron chi connectivity index (χ2n) is 5.35. The first kappa shape index (κ1) is 15.9. The summed E-state index contributed by atoms with van der Waals surface area (Å²) in [4.78, 5) is 14.2. The second kappa shape index (κ2) is 7.08. The number of carbonyl (C=O) groups excluding carboxylic acids is 1. The Balaban J connectivity index is 1.89. The zero-order valence-electron chi connectivity index (χ0n) is 12.8. The molecule has 122 valence electrons. The van der Waals surface area contributed by atoms with Crippen LogP contribution in [0.3, 0.4) is 0 Å². The normalized spacial score (nSPS) is 10.6. The van der Waals surface area contributed by atoms with E-state index >= 15 is 0 Å². The first-order chi connectivity index (χ1) is 11.6. The average Bonchev–Trinajstić information content (AvgIpc) is 3.07. The zero-order chi connectivity index (χ0) is 16.9. The molecular formula is C19H15F2NO2. The highest BCUT2D eigenvalue weighted by Crippen LogP contribution is 2.17. The fraction of sp³-hybridized carbons (Fsp3) is 0.105. The average molecular weight is 327 g/mol. The lowest BCUT2D eigenvalue weighted by atomic mass is 10.1. The van der Waals surface area contributed by atoms with Gasteiger partial charge in [0.2, 0.25) is 0 Å². The fourth-order valence-electron chi connectivity index (χ4n) is 2.45. The molecule has 24 heavy (non-hydrogen) atoms. The third-order valence-electron chi connectivity index (χ3n) is 3.58. The van der Waals surface area contributed by atoms with Gasteiger partial charge in [0, 0.05) is 6.54 Å². The van der Waals surface area contributed by atoms with Crippen LogP contribution in [0.4, 0.5) is 8.78 Å². The molecule has 0 atom stereocenters. The summed E-state index contributed by atoms with van der Waals surface area (Å²) in [6, 6.07) is 15.2. The molecule has 0 unspecified atom stereocenters. The molecule has 0 aliphatic heterocycles. The van der Waals surface area contributed by atoms with Crippen LogP contribution in [0, 0.1) is 11.6 Å². The Morgan fingerprint density at radius 1 is 0.958 bits per heavy atom. The Bertz CT molecular complexity index is 831. The quantitative estimate of drug-likeness (QED) is 0.696. The van der Waals surface area contributed by atoms with Crippen molar-refractivity contribution in [2.24, 2.45) is 0 Å². The van der Waals surface area contributed by atoms with Crippen molar-refractivity contribution in [3.63, 3.8) is 0 Å². The van der Waals surface area contributed by atoms with E-state index in [1.807, 2.05) is 0 Å². The number of halogens is 2. The molecule has 0 spiro atoms. The zero-order valence-corrected chi connectivity index (χ0v) is 12.8. The van der Waals surface area contributed by atoms with Crippen molar-refractivity contribution in [2.75, 3.05) is 0 Å². The Morgan fingerprint density at radius 3 is 2.50 bits per heavy atom. The molecule has 0 N–H and O–H groups in total. The van der Waals surface area contributed by atoms with Crippen LogP contribution in [-0.4, -0.2) is 10.8 Å². The standard InChI is InChI=1S/C19H15F2NO2/c20-15-6-3-5-14(11-15)12-22(13-16-7-4-10-24-16)19(23)17-8-1-2-9-18(17)21/h1-11H,12-13H2.